The Bertz CT molecular complexity index is 492. The van der Waals surface area contributed by atoms with Gasteiger partial charge in [0.25, 0.3) is 0 Å². The number of benzene rings is 1. The number of nitrogens with zero attached hydrogens (tertiary/aromatic N) is 1. The fraction of sp³-hybridized carbons (Fsp3) is 0.385. The highest BCUT2D eigenvalue weighted by atomic mass is 15.2. The van der Waals surface area contributed by atoms with Crippen LogP contribution in [-0.4, -0.2) is 30.0 Å². The number of aromatic amines is 1. The van der Waals surface area contributed by atoms with Crippen LogP contribution in [0.3, 0.4) is 0 Å². The van der Waals surface area contributed by atoms with Crippen molar-refractivity contribution in [1.82, 2.24) is 9.88 Å². The SMILES string of the molecule is Cc1ccc2[nH]cc(C3CN(C)C3)c2c1. The molecule has 1 saturated heterocycles. The fourth-order valence-electron chi connectivity index (χ4n) is 2.49. The van der Waals surface area contributed by atoms with Crippen molar-refractivity contribution in [2.24, 2.45) is 0 Å². The second-order valence-electron chi connectivity index (χ2n) is 4.71. The van der Waals surface area contributed by atoms with Crippen LogP contribution in [0.25, 0.3) is 10.9 Å². The molecular weight excluding hydrogens is 184 g/mol. The summed E-state index contributed by atoms with van der Waals surface area (Å²) in [5.74, 6) is 0.727. The average molecular weight is 200 g/mol. The Morgan fingerprint density at radius 1 is 1.33 bits per heavy atom. The maximum atomic E-state index is 3.36. The predicted molar refractivity (Wildman–Crippen MR) is 63.3 cm³/mol. The number of likely N-dealkylation sites (tertiary alicyclic amines) is 1. The van der Waals surface area contributed by atoms with Crippen molar-refractivity contribution >= 4 is 10.9 Å². The van der Waals surface area contributed by atoms with Crippen LogP contribution in [0.1, 0.15) is 17.0 Å². The van der Waals surface area contributed by atoms with E-state index in [1.165, 1.54) is 35.1 Å². The van der Waals surface area contributed by atoms with Crippen LogP contribution in [-0.2, 0) is 0 Å². The number of aryl methyl sites for hydroxylation is 1. The summed E-state index contributed by atoms with van der Waals surface area (Å²) in [7, 11) is 2.18. The first kappa shape index (κ1) is 8.98. The Morgan fingerprint density at radius 3 is 2.87 bits per heavy atom. The third-order valence-corrected chi connectivity index (χ3v) is 3.37. The zero-order valence-corrected chi connectivity index (χ0v) is 9.25. The van der Waals surface area contributed by atoms with Gasteiger partial charge in [-0.05, 0) is 31.7 Å². The van der Waals surface area contributed by atoms with Crippen LogP contribution >= 0.6 is 0 Å². The molecule has 0 unspecified atom stereocenters. The van der Waals surface area contributed by atoms with E-state index < -0.39 is 0 Å². The van der Waals surface area contributed by atoms with Crippen molar-refractivity contribution in [2.45, 2.75) is 12.8 Å². The summed E-state index contributed by atoms with van der Waals surface area (Å²) in [6.07, 6.45) is 2.18. The van der Waals surface area contributed by atoms with Gasteiger partial charge in [-0.3, -0.25) is 0 Å². The van der Waals surface area contributed by atoms with E-state index in [2.05, 4.69) is 48.3 Å². The van der Waals surface area contributed by atoms with Crippen LogP contribution < -0.4 is 0 Å². The molecule has 1 aliphatic heterocycles. The molecular formula is C13H16N2. The second kappa shape index (κ2) is 3.11. The van der Waals surface area contributed by atoms with E-state index in [1.54, 1.807) is 0 Å². The van der Waals surface area contributed by atoms with Crippen molar-refractivity contribution in [1.29, 1.82) is 0 Å². The minimum Gasteiger partial charge on any atom is -0.361 e. The smallest absolute Gasteiger partial charge is 0.0457 e. The molecule has 0 spiro atoms. The summed E-state index contributed by atoms with van der Waals surface area (Å²) in [5.41, 5.74) is 4.10. The Balaban J connectivity index is 2.07. The quantitative estimate of drug-likeness (QED) is 0.749. The molecule has 0 saturated carbocycles. The molecule has 1 aliphatic rings. The molecule has 15 heavy (non-hydrogen) atoms. The molecule has 0 atom stereocenters. The summed E-state index contributed by atoms with van der Waals surface area (Å²) in [5, 5.41) is 1.41. The van der Waals surface area contributed by atoms with Crippen LogP contribution in [0.4, 0.5) is 0 Å². The number of H-pyrrole nitrogens is 1. The van der Waals surface area contributed by atoms with E-state index in [1.807, 2.05) is 0 Å². The van der Waals surface area contributed by atoms with E-state index in [-0.39, 0.29) is 0 Å². The molecule has 2 nitrogen and oxygen atoms in total. The van der Waals surface area contributed by atoms with Gasteiger partial charge in [-0.2, -0.15) is 0 Å². The summed E-state index contributed by atoms with van der Waals surface area (Å²) >= 11 is 0. The summed E-state index contributed by atoms with van der Waals surface area (Å²) in [6.45, 7) is 4.55. The Labute approximate surface area is 89.9 Å². The first-order chi connectivity index (χ1) is 7.24. The minimum atomic E-state index is 0.727. The highest BCUT2D eigenvalue weighted by Crippen LogP contribution is 2.31. The third kappa shape index (κ3) is 1.37. The third-order valence-electron chi connectivity index (χ3n) is 3.37. The van der Waals surface area contributed by atoms with Gasteiger partial charge < -0.3 is 9.88 Å². The first-order valence-corrected chi connectivity index (χ1v) is 5.50. The lowest BCUT2D eigenvalue weighted by molar-refractivity contribution is 0.190. The molecule has 1 aromatic heterocycles. The van der Waals surface area contributed by atoms with Gasteiger partial charge >= 0.3 is 0 Å². The highest BCUT2D eigenvalue weighted by Gasteiger charge is 2.26. The zero-order valence-electron chi connectivity index (χ0n) is 9.25. The van der Waals surface area contributed by atoms with Crippen LogP contribution in [0.2, 0.25) is 0 Å². The summed E-state index contributed by atoms with van der Waals surface area (Å²) in [6, 6.07) is 6.63. The maximum absolute atomic E-state index is 3.36. The number of hydrogen-bond acceptors (Lipinski definition) is 1. The lowest BCUT2D eigenvalue weighted by atomic mass is 9.91. The molecule has 1 aromatic carbocycles. The first-order valence-electron chi connectivity index (χ1n) is 5.50. The van der Waals surface area contributed by atoms with Gasteiger partial charge in [0.2, 0.25) is 0 Å². The van der Waals surface area contributed by atoms with Gasteiger partial charge in [0, 0.05) is 36.1 Å². The van der Waals surface area contributed by atoms with Gasteiger partial charge in [-0.25, -0.2) is 0 Å². The Kier molecular flexibility index (Phi) is 1.86. The molecule has 3 rings (SSSR count). The number of rotatable bonds is 1. The van der Waals surface area contributed by atoms with Crippen molar-refractivity contribution in [3.8, 4) is 0 Å². The Morgan fingerprint density at radius 2 is 2.13 bits per heavy atom. The van der Waals surface area contributed by atoms with E-state index >= 15 is 0 Å². The number of likely N-dealkylation sites (N-methyl/N-ethyl adjacent to an activating group) is 1. The average Bonchev–Trinajstić information content (AvgIpc) is 2.56. The molecule has 2 aromatic rings. The van der Waals surface area contributed by atoms with Crippen molar-refractivity contribution < 1.29 is 0 Å². The molecule has 0 radical (unpaired) electrons. The standard InChI is InChI=1S/C13H16N2/c1-9-3-4-13-11(5-9)12(6-14-13)10-7-15(2)8-10/h3-6,10,14H,7-8H2,1-2H3. The monoisotopic (exact) mass is 200 g/mol. The normalized spacial score (nSPS) is 18.3. The maximum Gasteiger partial charge on any atom is 0.0457 e. The summed E-state index contributed by atoms with van der Waals surface area (Å²) < 4.78 is 0. The molecule has 0 bridgehead atoms. The largest absolute Gasteiger partial charge is 0.361 e. The van der Waals surface area contributed by atoms with Gasteiger partial charge in [0.05, 0.1) is 0 Å². The molecule has 78 valence electrons. The lowest BCUT2D eigenvalue weighted by Crippen LogP contribution is -2.41. The van der Waals surface area contributed by atoms with E-state index in [9.17, 15) is 0 Å². The topological polar surface area (TPSA) is 19.0 Å². The second-order valence-corrected chi connectivity index (χ2v) is 4.71. The molecule has 0 amide bonds. The highest BCUT2D eigenvalue weighted by molar-refractivity contribution is 5.84. The van der Waals surface area contributed by atoms with Crippen molar-refractivity contribution in [3.05, 3.63) is 35.5 Å². The van der Waals surface area contributed by atoms with E-state index in [4.69, 9.17) is 0 Å². The number of nitrogens with one attached hydrogen (secondary N) is 1. The van der Waals surface area contributed by atoms with Crippen molar-refractivity contribution in [3.63, 3.8) is 0 Å². The number of hydrogen-bond donors (Lipinski definition) is 1. The molecule has 2 heterocycles. The van der Waals surface area contributed by atoms with Crippen LogP contribution in [0.15, 0.2) is 24.4 Å². The van der Waals surface area contributed by atoms with Gasteiger partial charge in [-0.1, -0.05) is 11.6 Å². The molecule has 1 N–H and O–H groups in total. The predicted octanol–water partition coefficient (Wildman–Crippen LogP) is 2.51. The Hall–Kier alpha value is -1.28. The van der Waals surface area contributed by atoms with Crippen LogP contribution in [0.5, 0.6) is 0 Å². The zero-order chi connectivity index (χ0) is 10.4. The van der Waals surface area contributed by atoms with Crippen molar-refractivity contribution in [2.75, 3.05) is 20.1 Å². The minimum absolute atomic E-state index is 0.727. The van der Waals surface area contributed by atoms with Gasteiger partial charge in [0.15, 0.2) is 0 Å². The van der Waals surface area contributed by atoms with Crippen LogP contribution in [0, 0.1) is 6.92 Å². The lowest BCUT2D eigenvalue weighted by Gasteiger charge is -2.36. The van der Waals surface area contributed by atoms with Gasteiger partial charge in [-0.15, -0.1) is 0 Å². The van der Waals surface area contributed by atoms with Gasteiger partial charge in [0.1, 0.15) is 0 Å². The summed E-state index contributed by atoms with van der Waals surface area (Å²) in [4.78, 5) is 5.72. The fourth-order valence-corrected chi connectivity index (χ4v) is 2.49. The number of aromatic nitrogens is 1. The number of fused-ring (bicyclic) bond motifs is 1. The van der Waals surface area contributed by atoms with E-state index in [0.29, 0.717) is 0 Å². The molecule has 0 aliphatic carbocycles. The van der Waals surface area contributed by atoms with E-state index in [0.717, 1.165) is 5.92 Å². The molecule has 1 fully saturated rings. The molecule has 2 heteroatoms.